The summed E-state index contributed by atoms with van der Waals surface area (Å²) in [5.74, 6) is 1.96. The largest absolute Gasteiger partial charge is 0.352 e. The predicted molar refractivity (Wildman–Crippen MR) is 91.9 cm³/mol. The number of hydrogen-bond acceptors (Lipinski definition) is 3. The summed E-state index contributed by atoms with van der Waals surface area (Å²) < 4.78 is 0.881. The Balaban J connectivity index is 2.21. The Morgan fingerprint density at radius 1 is 1.29 bits per heavy atom. The van der Waals surface area contributed by atoms with E-state index in [-0.39, 0.29) is 0 Å². The molecule has 118 valence electrons. The second-order valence-electron chi connectivity index (χ2n) is 6.58. The van der Waals surface area contributed by atoms with E-state index in [1.54, 1.807) is 0 Å². The van der Waals surface area contributed by atoms with Crippen molar-refractivity contribution in [1.82, 2.24) is 14.8 Å². The summed E-state index contributed by atoms with van der Waals surface area (Å²) in [4.78, 5) is 7.20. The summed E-state index contributed by atoms with van der Waals surface area (Å²) in [6.07, 6.45) is 4.50. The van der Waals surface area contributed by atoms with Crippen molar-refractivity contribution in [3.63, 3.8) is 0 Å². The van der Waals surface area contributed by atoms with Crippen molar-refractivity contribution in [3.8, 4) is 0 Å². The van der Waals surface area contributed by atoms with Crippen LogP contribution in [0.2, 0.25) is 0 Å². The van der Waals surface area contributed by atoms with Gasteiger partial charge in [-0.05, 0) is 51.8 Å². The van der Waals surface area contributed by atoms with E-state index in [4.69, 9.17) is 4.98 Å². The molecular formula is C17H31N4+. The van der Waals surface area contributed by atoms with Gasteiger partial charge >= 0.3 is 0 Å². The number of hydrogen-bond donors (Lipinski definition) is 1. The molecule has 1 saturated heterocycles. The molecule has 0 spiro atoms. The summed E-state index contributed by atoms with van der Waals surface area (Å²) in [6, 6.07) is 4.30. The molecule has 4 nitrogen and oxygen atoms in total. The molecule has 2 rings (SSSR count). The van der Waals surface area contributed by atoms with Gasteiger partial charge in [-0.3, -0.25) is 4.48 Å². The van der Waals surface area contributed by atoms with Crippen LogP contribution in [-0.2, 0) is 0 Å². The highest BCUT2D eigenvalue weighted by Crippen LogP contribution is 2.30. The van der Waals surface area contributed by atoms with Crippen LogP contribution in [0.4, 0.5) is 11.5 Å². The van der Waals surface area contributed by atoms with Crippen LogP contribution in [0.25, 0.3) is 0 Å². The first kappa shape index (κ1) is 16.2. The molecule has 1 N–H and O–H groups in total. The lowest BCUT2D eigenvalue weighted by molar-refractivity contribution is 0.372. The minimum absolute atomic E-state index is 0.790. The second kappa shape index (κ2) is 7.23. The topological polar surface area (TPSA) is 28.2 Å². The maximum atomic E-state index is 4.72. The van der Waals surface area contributed by atoms with Gasteiger partial charge in [0.2, 0.25) is 0 Å². The second-order valence-corrected chi connectivity index (χ2v) is 6.58. The first-order valence-corrected chi connectivity index (χ1v) is 8.32. The van der Waals surface area contributed by atoms with Gasteiger partial charge in [0.05, 0.1) is 20.6 Å². The fourth-order valence-corrected chi connectivity index (χ4v) is 3.02. The van der Waals surface area contributed by atoms with Crippen LogP contribution < -0.4 is 14.7 Å². The van der Waals surface area contributed by atoms with Gasteiger partial charge in [-0.1, -0.05) is 0 Å². The van der Waals surface area contributed by atoms with Gasteiger partial charge in [0.1, 0.15) is 0 Å². The molecule has 1 aliphatic heterocycles. The predicted octanol–water partition coefficient (Wildman–Crippen LogP) is 2.49. The summed E-state index contributed by atoms with van der Waals surface area (Å²) >= 11 is 0. The van der Waals surface area contributed by atoms with Crippen LogP contribution in [0.1, 0.15) is 26.7 Å². The number of rotatable bonds is 6. The fourth-order valence-electron chi connectivity index (χ4n) is 3.02. The van der Waals surface area contributed by atoms with Crippen LogP contribution in [0.15, 0.2) is 18.3 Å². The first-order valence-electron chi connectivity index (χ1n) is 8.32. The van der Waals surface area contributed by atoms with E-state index in [2.05, 4.69) is 50.3 Å². The number of piperidine rings is 1. The van der Waals surface area contributed by atoms with Crippen LogP contribution in [-0.4, -0.2) is 51.8 Å². The molecule has 0 atom stereocenters. The van der Waals surface area contributed by atoms with Crippen LogP contribution >= 0.6 is 0 Å². The van der Waals surface area contributed by atoms with E-state index >= 15 is 0 Å². The molecule has 0 amide bonds. The Labute approximate surface area is 129 Å². The molecule has 2 heterocycles. The smallest absolute Gasteiger partial charge is 0.191 e. The Hall–Kier alpha value is -1.13. The van der Waals surface area contributed by atoms with E-state index in [9.17, 15) is 0 Å². The summed E-state index contributed by atoms with van der Waals surface area (Å²) in [5.41, 5.74) is 1.33. The number of nitrogens with one attached hydrogen (secondary N) is 1. The van der Waals surface area contributed by atoms with Crippen molar-refractivity contribution in [2.45, 2.75) is 26.7 Å². The van der Waals surface area contributed by atoms with E-state index in [1.165, 1.54) is 24.3 Å². The third-order valence-corrected chi connectivity index (χ3v) is 4.83. The van der Waals surface area contributed by atoms with Gasteiger partial charge in [-0.25, -0.2) is 4.98 Å². The number of anilines is 1. The number of pyridine rings is 1. The zero-order valence-corrected chi connectivity index (χ0v) is 14.1. The average Bonchev–Trinajstić information content (AvgIpc) is 2.53. The van der Waals surface area contributed by atoms with Crippen LogP contribution in [0.5, 0.6) is 0 Å². The molecule has 0 aromatic carbocycles. The van der Waals surface area contributed by atoms with Crippen molar-refractivity contribution in [1.29, 1.82) is 0 Å². The molecule has 0 aliphatic carbocycles. The highest BCUT2D eigenvalue weighted by molar-refractivity contribution is 5.64. The van der Waals surface area contributed by atoms with Gasteiger partial charge in [0.15, 0.2) is 11.5 Å². The monoisotopic (exact) mass is 291 g/mol. The molecule has 0 unspecified atom stereocenters. The molecule has 21 heavy (non-hydrogen) atoms. The lowest BCUT2D eigenvalue weighted by Crippen LogP contribution is -2.43. The van der Waals surface area contributed by atoms with E-state index in [0.717, 1.165) is 43.1 Å². The standard InChI is InChI=1S/C17H31N4/c1-5-20(14-15-9-12-18-13-10-15)17-16(8-7-11-19-17)21(3,4)6-2/h7-8,11,15,18H,5-6,9-10,12-14H2,1-4H3/q+1. The Morgan fingerprint density at radius 2 is 2.00 bits per heavy atom. The van der Waals surface area contributed by atoms with Crippen molar-refractivity contribution in [2.24, 2.45) is 5.92 Å². The quantitative estimate of drug-likeness (QED) is 0.816. The third-order valence-electron chi connectivity index (χ3n) is 4.83. The van der Waals surface area contributed by atoms with Crippen molar-refractivity contribution < 1.29 is 0 Å². The zero-order chi connectivity index (χ0) is 15.3. The van der Waals surface area contributed by atoms with Gasteiger partial charge in [0.25, 0.3) is 0 Å². The molecule has 1 aromatic rings. The van der Waals surface area contributed by atoms with E-state index in [1.807, 2.05) is 6.20 Å². The molecule has 0 bridgehead atoms. The van der Waals surface area contributed by atoms with Crippen molar-refractivity contribution in [2.75, 3.05) is 51.7 Å². The lowest BCUT2D eigenvalue weighted by Gasteiger charge is -2.34. The van der Waals surface area contributed by atoms with Gasteiger partial charge in [-0.2, -0.15) is 0 Å². The molecular weight excluding hydrogens is 260 g/mol. The maximum Gasteiger partial charge on any atom is 0.191 e. The van der Waals surface area contributed by atoms with Crippen LogP contribution in [0, 0.1) is 5.92 Å². The molecule has 0 radical (unpaired) electrons. The van der Waals surface area contributed by atoms with Crippen molar-refractivity contribution >= 4 is 11.5 Å². The number of quaternary nitrogens is 1. The van der Waals surface area contributed by atoms with E-state index < -0.39 is 0 Å². The van der Waals surface area contributed by atoms with Gasteiger partial charge < -0.3 is 10.2 Å². The summed E-state index contributed by atoms with van der Waals surface area (Å²) in [5, 5.41) is 3.45. The highest BCUT2D eigenvalue weighted by Gasteiger charge is 2.26. The Morgan fingerprint density at radius 3 is 2.62 bits per heavy atom. The molecule has 0 saturated carbocycles. The minimum Gasteiger partial charge on any atom is -0.352 e. The molecule has 4 heteroatoms. The summed E-state index contributed by atoms with van der Waals surface area (Å²) in [7, 11) is 4.53. The lowest BCUT2D eigenvalue weighted by atomic mass is 9.97. The molecule has 1 aliphatic rings. The van der Waals surface area contributed by atoms with Gasteiger partial charge in [-0.15, -0.1) is 0 Å². The maximum absolute atomic E-state index is 4.72. The minimum atomic E-state index is 0.790. The average molecular weight is 291 g/mol. The van der Waals surface area contributed by atoms with Crippen LogP contribution in [0.3, 0.4) is 0 Å². The molecule has 1 fully saturated rings. The summed E-state index contributed by atoms with van der Waals surface area (Å²) in [6.45, 7) is 10.0. The SMILES string of the molecule is CCN(CC1CCNCC1)c1ncccc1[N+](C)(C)CC. The Kier molecular flexibility index (Phi) is 5.59. The van der Waals surface area contributed by atoms with E-state index in [0.29, 0.717) is 0 Å². The van der Waals surface area contributed by atoms with Gasteiger partial charge in [0, 0.05) is 25.4 Å². The first-order chi connectivity index (χ1) is 10.1. The highest BCUT2D eigenvalue weighted by atomic mass is 15.3. The number of nitrogens with zero attached hydrogens (tertiary/aromatic N) is 3. The fraction of sp³-hybridized carbons (Fsp3) is 0.706. The normalized spacial score (nSPS) is 17.0. The zero-order valence-electron chi connectivity index (χ0n) is 14.1. The molecule has 1 aromatic heterocycles. The van der Waals surface area contributed by atoms with Crippen molar-refractivity contribution in [3.05, 3.63) is 18.3 Å². The number of aromatic nitrogens is 1. The third kappa shape index (κ3) is 3.95. The Bertz CT molecular complexity index is 438.